The Morgan fingerprint density at radius 3 is 2.32 bits per heavy atom. The highest BCUT2D eigenvalue weighted by Gasteiger charge is 2.45. The highest BCUT2D eigenvalue weighted by Crippen LogP contribution is 2.29. The van der Waals surface area contributed by atoms with E-state index in [2.05, 4.69) is 15.6 Å². The number of hydrogen-bond donors (Lipinski definition) is 2. The molecule has 3 amide bonds. The number of ether oxygens (including phenoxy) is 2. The molecule has 0 radical (unpaired) electrons. The number of methoxy groups -OCH3 is 1. The molecule has 1 aliphatic rings. The van der Waals surface area contributed by atoms with Crippen LogP contribution in [-0.2, 0) is 25.6 Å². The van der Waals surface area contributed by atoms with E-state index in [1.807, 2.05) is 57.5 Å². The Labute approximate surface area is 229 Å². The highest BCUT2D eigenvalue weighted by molar-refractivity contribution is 7.13. The zero-order valence-corrected chi connectivity index (χ0v) is 24.4. The lowest BCUT2D eigenvalue weighted by molar-refractivity contribution is -0.142. The van der Waals surface area contributed by atoms with Crippen molar-refractivity contribution in [2.75, 3.05) is 13.7 Å². The molecular weight excluding hydrogens is 504 g/mol. The van der Waals surface area contributed by atoms with Gasteiger partial charge in [-0.25, -0.2) is 9.78 Å². The van der Waals surface area contributed by atoms with E-state index in [0.717, 1.165) is 21.7 Å². The average molecular weight is 545 g/mol. The molecule has 38 heavy (non-hydrogen) atoms. The molecule has 0 bridgehead atoms. The van der Waals surface area contributed by atoms with Crippen LogP contribution in [0.25, 0.3) is 10.4 Å². The maximum absolute atomic E-state index is 13.7. The molecule has 3 atom stereocenters. The van der Waals surface area contributed by atoms with Crippen molar-refractivity contribution in [3.63, 3.8) is 0 Å². The minimum atomic E-state index is -0.883. The number of rotatable bonds is 7. The smallest absolute Gasteiger partial charge is 0.408 e. The quantitative estimate of drug-likeness (QED) is 0.538. The first-order chi connectivity index (χ1) is 17.7. The topological polar surface area (TPSA) is 110 Å². The number of nitrogens with one attached hydrogen (secondary N) is 2. The van der Waals surface area contributed by atoms with Crippen molar-refractivity contribution < 1.29 is 23.9 Å². The van der Waals surface area contributed by atoms with Crippen molar-refractivity contribution in [1.82, 2.24) is 20.5 Å². The average Bonchev–Trinajstić information content (AvgIpc) is 3.45. The summed E-state index contributed by atoms with van der Waals surface area (Å²) >= 11 is 1.59. The molecule has 1 aromatic carbocycles. The lowest BCUT2D eigenvalue weighted by Gasteiger charge is -2.35. The minimum absolute atomic E-state index is 0.259. The number of carbonyl (C=O) groups excluding carboxylic acids is 3. The molecule has 2 N–H and O–H groups in total. The summed E-state index contributed by atoms with van der Waals surface area (Å²) in [6.45, 7) is 13.5. The normalized spacial score (nSPS) is 18.7. The number of amides is 3. The molecule has 1 fully saturated rings. The van der Waals surface area contributed by atoms with Crippen LogP contribution in [0, 0.1) is 12.3 Å². The third-order valence-electron chi connectivity index (χ3n) is 6.38. The number of hydrogen-bond acceptors (Lipinski definition) is 7. The standard InChI is InChI=1S/C28H40N4O5S/c1-17-22(38-16-30-17)19-11-9-18(10-12-19)14-29-24(33)21-13-20(36-8)15-32(21)25(34)23(27(2,3)4)31-26(35)37-28(5,6)7/h9-12,16,20-21,23H,13-15H2,1-8H3,(H,29,33)(H,31,35)/t20-,21-,23+/m0/s1. The van der Waals surface area contributed by atoms with Crippen molar-refractivity contribution in [2.24, 2.45) is 5.41 Å². The van der Waals surface area contributed by atoms with Crippen LogP contribution >= 0.6 is 11.3 Å². The van der Waals surface area contributed by atoms with Crippen molar-refractivity contribution in [3.8, 4) is 10.4 Å². The van der Waals surface area contributed by atoms with E-state index in [4.69, 9.17) is 9.47 Å². The van der Waals surface area contributed by atoms with Gasteiger partial charge >= 0.3 is 6.09 Å². The van der Waals surface area contributed by atoms with Gasteiger partial charge in [0.25, 0.3) is 0 Å². The number of aromatic nitrogens is 1. The van der Waals surface area contributed by atoms with E-state index in [-0.39, 0.29) is 24.5 Å². The van der Waals surface area contributed by atoms with Crippen LogP contribution in [0.3, 0.4) is 0 Å². The van der Waals surface area contributed by atoms with Crippen molar-refractivity contribution >= 4 is 29.2 Å². The van der Waals surface area contributed by atoms with E-state index in [1.54, 1.807) is 39.2 Å². The molecule has 1 saturated heterocycles. The fourth-order valence-corrected chi connectivity index (χ4v) is 5.17. The minimum Gasteiger partial charge on any atom is -0.444 e. The number of likely N-dealkylation sites (tertiary alicyclic amines) is 1. The van der Waals surface area contributed by atoms with Crippen LogP contribution in [0.5, 0.6) is 0 Å². The highest BCUT2D eigenvalue weighted by atomic mass is 32.1. The van der Waals surface area contributed by atoms with Gasteiger partial charge in [0.2, 0.25) is 11.8 Å². The molecule has 3 rings (SSSR count). The molecule has 0 saturated carbocycles. The molecule has 9 nitrogen and oxygen atoms in total. The predicted octanol–water partition coefficient (Wildman–Crippen LogP) is 4.29. The molecule has 2 aromatic rings. The molecule has 0 unspecified atom stereocenters. The molecule has 0 aliphatic carbocycles. The van der Waals surface area contributed by atoms with Gasteiger partial charge in [-0.05, 0) is 44.2 Å². The van der Waals surface area contributed by atoms with Gasteiger partial charge in [0.1, 0.15) is 17.7 Å². The molecule has 1 aromatic heterocycles. The van der Waals surface area contributed by atoms with Crippen LogP contribution in [0.1, 0.15) is 59.2 Å². The van der Waals surface area contributed by atoms with Crippen LogP contribution in [0.4, 0.5) is 4.79 Å². The first-order valence-electron chi connectivity index (χ1n) is 12.8. The third kappa shape index (κ3) is 7.54. The Morgan fingerprint density at radius 1 is 1.13 bits per heavy atom. The van der Waals surface area contributed by atoms with Crippen molar-refractivity contribution in [1.29, 1.82) is 0 Å². The van der Waals surface area contributed by atoms with Crippen LogP contribution in [-0.4, -0.2) is 65.2 Å². The summed E-state index contributed by atoms with van der Waals surface area (Å²) < 4.78 is 10.9. The van der Waals surface area contributed by atoms with Gasteiger partial charge in [-0.2, -0.15) is 0 Å². The second-order valence-corrected chi connectivity index (χ2v) is 12.6. The molecular formula is C28H40N4O5S. The maximum Gasteiger partial charge on any atom is 0.408 e. The maximum atomic E-state index is 13.7. The van der Waals surface area contributed by atoms with E-state index >= 15 is 0 Å². The van der Waals surface area contributed by atoms with E-state index in [9.17, 15) is 14.4 Å². The predicted molar refractivity (Wildman–Crippen MR) is 148 cm³/mol. The van der Waals surface area contributed by atoms with Crippen LogP contribution in [0.15, 0.2) is 29.8 Å². The summed E-state index contributed by atoms with van der Waals surface area (Å²) in [7, 11) is 1.57. The summed E-state index contributed by atoms with van der Waals surface area (Å²) in [4.78, 5) is 46.5. The van der Waals surface area contributed by atoms with Gasteiger partial charge in [0.05, 0.1) is 22.2 Å². The molecule has 0 spiro atoms. The van der Waals surface area contributed by atoms with Gasteiger partial charge in [0, 0.05) is 26.6 Å². The number of aryl methyl sites for hydroxylation is 1. The fraction of sp³-hybridized carbons (Fsp3) is 0.571. The van der Waals surface area contributed by atoms with Gasteiger partial charge in [-0.15, -0.1) is 11.3 Å². The van der Waals surface area contributed by atoms with Crippen molar-refractivity contribution in [3.05, 3.63) is 41.0 Å². The first kappa shape index (κ1) is 29.6. The molecule has 208 valence electrons. The largest absolute Gasteiger partial charge is 0.444 e. The number of alkyl carbamates (subject to hydrolysis) is 1. The monoisotopic (exact) mass is 544 g/mol. The SMILES string of the molecule is CO[C@H]1C[C@@H](C(=O)NCc2ccc(-c3scnc3C)cc2)N(C(=O)[C@@H](NC(=O)OC(C)(C)C)C(C)(C)C)C1. The zero-order valence-electron chi connectivity index (χ0n) is 23.6. The number of benzene rings is 1. The Balaban J connectivity index is 1.71. The second-order valence-electron chi connectivity index (χ2n) is 11.7. The van der Waals surface area contributed by atoms with Crippen molar-refractivity contribution in [2.45, 2.75) is 85.2 Å². The first-order valence-corrected chi connectivity index (χ1v) is 13.7. The number of thiazole rings is 1. The van der Waals surface area contributed by atoms with E-state index in [0.29, 0.717) is 13.0 Å². The number of nitrogens with zero attached hydrogens (tertiary/aromatic N) is 2. The summed E-state index contributed by atoms with van der Waals surface area (Å²) in [6.07, 6.45) is -0.578. The Hall–Kier alpha value is -2.98. The second kappa shape index (κ2) is 11.8. The van der Waals surface area contributed by atoms with Gasteiger partial charge in [0.15, 0.2) is 0 Å². The van der Waals surface area contributed by atoms with E-state index in [1.165, 1.54) is 4.90 Å². The van der Waals surface area contributed by atoms with Gasteiger partial charge < -0.3 is 25.0 Å². The summed E-state index contributed by atoms with van der Waals surface area (Å²) in [6, 6.07) is 6.40. The molecule has 1 aliphatic heterocycles. The van der Waals surface area contributed by atoms with Gasteiger partial charge in [-0.3, -0.25) is 9.59 Å². The van der Waals surface area contributed by atoms with E-state index < -0.39 is 29.2 Å². The Morgan fingerprint density at radius 2 is 1.79 bits per heavy atom. The van der Waals surface area contributed by atoms with Crippen LogP contribution < -0.4 is 10.6 Å². The van der Waals surface area contributed by atoms with Crippen LogP contribution in [0.2, 0.25) is 0 Å². The lowest BCUT2D eigenvalue weighted by atomic mass is 9.85. The Bertz CT molecular complexity index is 1130. The molecule has 10 heteroatoms. The lowest BCUT2D eigenvalue weighted by Crippen LogP contribution is -2.58. The summed E-state index contributed by atoms with van der Waals surface area (Å²) in [5.74, 6) is -0.599. The summed E-state index contributed by atoms with van der Waals surface area (Å²) in [5.41, 5.74) is 3.53. The summed E-state index contributed by atoms with van der Waals surface area (Å²) in [5, 5.41) is 5.71. The Kier molecular flexibility index (Phi) is 9.20. The zero-order chi connectivity index (χ0) is 28.3. The third-order valence-corrected chi connectivity index (χ3v) is 7.36. The number of carbonyl (C=O) groups is 3. The van der Waals surface area contributed by atoms with Gasteiger partial charge in [-0.1, -0.05) is 45.0 Å². The molecule has 2 heterocycles. The fourth-order valence-electron chi connectivity index (χ4n) is 4.36.